The fourth-order valence-corrected chi connectivity index (χ4v) is 3.31. The zero-order chi connectivity index (χ0) is 16.7. The van der Waals surface area contributed by atoms with Gasteiger partial charge >= 0.3 is 5.63 Å². The number of anilines is 1. The Balaban J connectivity index is 1.82. The quantitative estimate of drug-likeness (QED) is 0.629. The summed E-state index contributed by atoms with van der Waals surface area (Å²) in [6, 6.07) is 14.3. The van der Waals surface area contributed by atoms with Gasteiger partial charge in [-0.3, -0.25) is 4.79 Å². The number of fused-ring (bicyclic) bond motifs is 2. The summed E-state index contributed by atoms with van der Waals surface area (Å²) < 4.78 is 5.29. The number of benzene rings is 2. The molecule has 0 bridgehead atoms. The van der Waals surface area contributed by atoms with Gasteiger partial charge in [0.25, 0.3) is 5.91 Å². The molecule has 0 saturated heterocycles. The van der Waals surface area contributed by atoms with E-state index in [0.717, 1.165) is 24.1 Å². The molecule has 0 saturated carbocycles. The molecule has 5 heteroatoms. The number of hydrogen-bond acceptors (Lipinski definition) is 3. The van der Waals surface area contributed by atoms with Crippen LogP contribution in [0.25, 0.3) is 11.0 Å². The standard InChI is InChI=1S/C19H14ClNO3/c20-14-7-8-17-13(10-14)11-15(19(23)24-17)18(22)21-9-3-5-12-4-1-2-6-16(12)21/h1-2,4,6-8,10-11H,3,5,9H2. The second kappa shape index (κ2) is 5.80. The topological polar surface area (TPSA) is 50.5 Å². The Bertz CT molecular complexity index is 1010. The highest BCUT2D eigenvalue weighted by atomic mass is 35.5. The highest BCUT2D eigenvalue weighted by molar-refractivity contribution is 6.31. The maximum Gasteiger partial charge on any atom is 0.349 e. The van der Waals surface area contributed by atoms with Gasteiger partial charge in [-0.05, 0) is 48.7 Å². The minimum atomic E-state index is -0.627. The first-order valence-electron chi connectivity index (χ1n) is 7.77. The van der Waals surface area contributed by atoms with Crippen LogP contribution >= 0.6 is 11.6 Å². The largest absolute Gasteiger partial charge is 0.422 e. The van der Waals surface area contributed by atoms with Gasteiger partial charge in [0.1, 0.15) is 11.1 Å². The highest BCUT2D eigenvalue weighted by Gasteiger charge is 2.26. The minimum Gasteiger partial charge on any atom is -0.422 e. The van der Waals surface area contributed by atoms with E-state index in [4.69, 9.17) is 16.0 Å². The molecule has 1 aromatic heterocycles. The SMILES string of the molecule is O=C(c1cc2cc(Cl)ccc2oc1=O)N1CCCc2ccccc21. The molecule has 0 fully saturated rings. The van der Waals surface area contributed by atoms with E-state index in [1.165, 1.54) is 0 Å². The van der Waals surface area contributed by atoms with Crippen LogP contribution in [-0.4, -0.2) is 12.5 Å². The van der Waals surface area contributed by atoms with Crippen LogP contribution in [0.1, 0.15) is 22.3 Å². The third-order valence-corrected chi connectivity index (χ3v) is 4.52. The first kappa shape index (κ1) is 15.0. The van der Waals surface area contributed by atoms with Crippen molar-refractivity contribution in [2.45, 2.75) is 12.8 Å². The van der Waals surface area contributed by atoms with Crippen LogP contribution in [0, 0.1) is 0 Å². The van der Waals surface area contributed by atoms with Crippen molar-refractivity contribution in [3.05, 3.63) is 75.1 Å². The van der Waals surface area contributed by atoms with Crippen molar-refractivity contribution in [3.63, 3.8) is 0 Å². The van der Waals surface area contributed by atoms with Gasteiger partial charge < -0.3 is 9.32 Å². The molecular formula is C19H14ClNO3. The van der Waals surface area contributed by atoms with Crippen molar-refractivity contribution in [2.75, 3.05) is 11.4 Å². The van der Waals surface area contributed by atoms with Gasteiger partial charge in [0.15, 0.2) is 0 Å². The van der Waals surface area contributed by atoms with Crippen LogP contribution in [0.15, 0.2) is 57.7 Å². The van der Waals surface area contributed by atoms with E-state index in [1.807, 2.05) is 24.3 Å². The summed E-state index contributed by atoms with van der Waals surface area (Å²) in [6.07, 6.45) is 1.80. The Morgan fingerprint density at radius 3 is 2.83 bits per heavy atom. The molecule has 0 radical (unpaired) electrons. The van der Waals surface area contributed by atoms with Gasteiger partial charge in [0.2, 0.25) is 0 Å². The first-order chi connectivity index (χ1) is 11.6. The smallest absolute Gasteiger partial charge is 0.349 e. The van der Waals surface area contributed by atoms with Crippen LogP contribution < -0.4 is 10.5 Å². The van der Waals surface area contributed by atoms with Crippen molar-refractivity contribution >= 4 is 34.2 Å². The number of halogens is 1. The van der Waals surface area contributed by atoms with Crippen molar-refractivity contribution in [1.82, 2.24) is 0 Å². The molecule has 0 atom stereocenters. The summed E-state index contributed by atoms with van der Waals surface area (Å²) in [5, 5.41) is 1.16. The third-order valence-electron chi connectivity index (χ3n) is 4.28. The second-order valence-corrected chi connectivity index (χ2v) is 6.26. The monoisotopic (exact) mass is 339 g/mol. The molecule has 4 rings (SSSR count). The van der Waals surface area contributed by atoms with Crippen molar-refractivity contribution < 1.29 is 9.21 Å². The van der Waals surface area contributed by atoms with Crippen LogP contribution in [0.4, 0.5) is 5.69 Å². The van der Waals surface area contributed by atoms with Gasteiger partial charge in [0, 0.05) is 22.6 Å². The normalized spacial score (nSPS) is 13.8. The van der Waals surface area contributed by atoms with Crippen molar-refractivity contribution in [1.29, 1.82) is 0 Å². The Morgan fingerprint density at radius 1 is 1.12 bits per heavy atom. The molecule has 0 spiro atoms. The van der Waals surface area contributed by atoms with Crippen LogP contribution in [0.5, 0.6) is 0 Å². The van der Waals surface area contributed by atoms with Gasteiger partial charge in [-0.25, -0.2) is 4.79 Å². The van der Waals surface area contributed by atoms with Crippen LogP contribution in [-0.2, 0) is 6.42 Å². The number of amides is 1. The molecule has 3 aromatic rings. The summed E-state index contributed by atoms with van der Waals surface area (Å²) in [4.78, 5) is 26.9. The Labute approximate surface area is 143 Å². The Hall–Kier alpha value is -2.59. The first-order valence-corrected chi connectivity index (χ1v) is 8.14. The maximum atomic E-state index is 12.9. The highest BCUT2D eigenvalue weighted by Crippen LogP contribution is 2.28. The number of rotatable bonds is 1. The van der Waals surface area contributed by atoms with Crippen LogP contribution in [0.2, 0.25) is 5.02 Å². The molecule has 24 heavy (non-hydrogen) atoms. The molecule has 4 nitrogen and oxygen atoms in total. The maximum absolute atomic E-state index is 12.9. The number of carbonyl (C=O) groups excluding carboxylic acids is 1. The fraction of sp³-hybridized carbons (Fsp3) is 0.158. The average molecular weight is 340 g/mol. The molecule has 120 valence electrons. The minimum absolute atomic E-state index is 0.0291. The number of carbonyl (C=O) groups is 1. The molecule has 1 aliphatic heterocycles. The van der Waals surface area contributed by atoms with E-state index in [-0.39, 0.29) is 11.5 Å². The predicted molar refractivity (Wildman–Crippen MR) is 93.9 cm³/mol. The lowest BCUT2D eigenvalue weighted by Crippen LogP contribution is -2.37. The number of nitrogens with zero attached hydrogens (tertiary/aromatic N) is 1. The molecule has 0 N–H and O–H groups in total. The summed E-state index contributed by atoms with van der Waals surface area (Å²) in [6.45, 7) is 0.586. The number of hydrogen-bond donors (Lipinski definition) is 0. The zero-order valence-corrected chi connectivity index (χ0v) is 13.5. The number of para-hydroxylation sites is 1. The lowest BCUT2D eigenvalue weighted by molar-refractivity contribution is 0.0981. The molecular weight excluding hydrogens is 326 g/mol. The van der Waals surface area contributed by atoms with Gasteiger partial charge in [-0.2, -0.15) is 0 Å². The van der Waals surface area contributed by atoms with Gasteiger partial charge in [-0.15, -0.1) is 0 Å². The van der Waals surface area contributed by atoms with E-state index in [2.05, 4.69) is 0 Å². The van der Waals surface area contributed by atoms with E-state index in [9.17, 15) is 9.59 Å². The van der Waals surface area contributed by atoms with E-state index >= 15 is 0 Å². The lowest BCUT2D eigenvalue weighted by atomic mass is 10.0. The summed E-state index contributed by atoms with van der Waals surface area (Å²) in [5.41, 5.74) is 1.80. The summed E-state index contributed by atoms with van der Waals surface area (Å²) in [7, 11) is 0. The fourth-order valence-electron chi connectivity index (χ4n) is 3.13. The average Bonchev–Trinajstić information content (AvgIpc) is 2.60. The molecule has 0 aliphatic carbocycles. The van der Waals surface area contributed by atoms with Gasteiger partial charge in [0.05, 0.1) is 0 Å². The molecule has 2 aromatic carbocycles. The van der Waals surface area contributed by atoms with E-state index < -0.39 is 5.63 Å². The lowest BCUT2D eigenvalue weighted by Gasteiger charge is -2.29. The zero-order valence-electron chi connectivity index (χ0n) is 12.8. The van der Waals surface area contributed by atoms with Crippen LogP contribution in [0.3, 0.4) is 0 Å². The molecule has 1 aliphatic rings. The van der Waals surface area contributed by atoms with E-state index in [0.29, 0.717) is 22.5 Å². The van der Waals surface area contributed by atoms with Crippen molar-refractivity contribution in [3.8, 4) is 0 Å². The predicted octanol–water partition coefficient (Wildman–Crippen LogP) is 4.04. The number of aryl methyl sites for hydroxylation is 1. The second-order valence-electron chi connectivity index (χ2n) is 5.82. The van der Waals surface area contributed by atoms with E-state index in [1.54, 1.807) is 29.2 Å². The Kier molecular flexibility index (Phi) is 3.62. The van der Waals surface area contributed by atoms with Crippen molar-refractivity contribution in [2.24, 2.45) is 0 Å². The molecule has 0 unspecified atom stereocenters. The molecule has 2 heterocycles. The van der Waals surface area contributed by atoms with Gasteiger partial charge in [-0.1, -0.05) is 29.8 Å². The summed E-state index contributed by atoms with van der Waals surface area (Å²) in [5.74, 6) is -0.335. The third kappa shape index (κ3) is 2.49. The Morgan fingerprint density at radius 2 is 1.96 bits per heavy atom. The summed E-state index contributed by atoms with van der Waals surface area (Å²) >= 11 is 5.99. The molecule has 1 amide bonds.